The van der Waals surface area contributed by atoms with E-state index in [1.54, 1.807) is 0 Å². The van der Waals surface area contributed by atoms with Crippen molar-refractivity contribution in [1.29, 1.82) is 0 Å². The Morgan fingerprint density at radius 1 is 0.966 bits per heavy atom. The summed E-state index contributed by atoms with van der Waals surface area (Å²) in [6.45, 7) is 4.44. The zero-order chi connectivity index (χ0) is 20.2. The molecule has 1 aliphatic carbocycles. The van der Waals surface area contributed by atoms with E-state index in [1.807, 2.05) is 0 Å². The van der Waals surface area contributed by atoms with Crippen molar-refractivity contribution in [1.82, 2.24) is 9.88 Å². The van der Waals surface area contributed by atoms with Crippen LogP contribution in [-0.2, 0) is 22.3 Å². The van der Waals surface area contributed by atoms with Gasteiger partial charge in [0.25, 0.3) is 0 Å². The zero-order valence-electron chi connectivity index (χ0n) is 18.1. The number of rotatable bonds is 2. The fourth-order valence-corrected chi connectivity index (χ4v) is 5.97. The Labute approximate surface area is 174 Å². The van der Waals surface area contributed by atoms with Gasteiger partial charge in [-0.05, 0) is 70.3 Å². The molecule has 1 N–H and O–H groups in total. The average molecular weight is 389 g/mol. The number of H-pyrrole nitrogens is 1. The normalized spacial score (nSPS) is 29.5. The summed E-state index contributed by atoms with van der Waals surface area (Å²) in [6.07, 6.45) is 5.55. The van der Waals surface area contributed by atoms with Crippen LogP contribution in [0.3, 0.4) is 0 Å². The van der Waals surface area contributed by atoms with Gasteiger partial charge >= 0.3 is 0 Å². The lowest BCUT2D eigenvalue weighted by Crippen LogP contribution is -2.51. The first-order valence-electron chi connectivity index (χ1n) is 11.0. The second kappa shape index (κ2) is 6.72. The minimum Gasteiger partial charge on any atom is -0.365 e. The third kappa shape index (κ3) is 2.78. The van der Waals surface area contributed by atoms with E-state index in [1.165, 1.54) is 33.3 Å². The smallest absolute Gasteiger partial charge is 0.109 e. The Balaban J connectivity index is 1.57. The van der Waals surface area contributed by atoms with Crippen molar-refractivity contribution < 1.29 is 4.74 Å². The molecule has 2 aromatic carbocycles. The van der Waals surface area contributed by atoms with Crippen LogP contribution in [-0.4, -0.2) is 30.1 Å². The van der Waals surface area contributed by atoms with Gasteiger partial charge in [-0.25, -0.2) is 0 Å². The predicted molar refractivity (Wildman–Crippen MR) is 119 cm³/mol. The van der Waals surface area contributed by atoms with E-state index in [4.69, 9.17) is 4.74 Å². The third-order valence-corrected chi connectivity index (χ3v) is 7.58. The topological polar surface area (TPSA) is 28.3 Å². The summed E-state index contributed by atoms with van der Waals surface area (Å²) < 4.78 is 6.77. The van der Waals surface area contributed by atoms with E-state index in [2.05, 4.69) is 86.4 Å². The molecule has 152 valence electrons. The van der Waals surface area contributed by atoms with Crippen molar-refractivity contribution in [2.24, 2.45) is 0 Å². The number of benzene rings is 2. The number of ether oxygens (including phenoxy) is 1. The van der Waals surface area contributed by atoms with Gasteiger partial charge in [-0.15, -0.1) is 0 Å². The number of nitrogens with zero attached hydrogens (tertiary/aromatic N) is 1. The van der Waals surface area contributed by atoms with Crippen LogP contribution in [0.25, 0.3) is 10.9 Å². The Morgan fingerprint density at radius 2 is 1.69 bits per heavy atom. The molecule has 0 saturated heterocycles. The lowest BCUT2D eigenvalue weighted by Gasteiger charge is -2.51. The maximum Gasteiger partial charge on any atom is 0.109 e. The molecule has 1 fully saturated rings. The predicted octanol–water partition coefficient (Wildman–Crippen LogP) is 5.66. The zero-order valence-corrected chi connectivity index (χ0v) is 18.1. The van der Waals surface area contributed by atoms with Gasteiger partial charge in [0, 0.05) is 22.9 Å². The third-order valence-electron chi connectivity index (χ3n) is 7.58. The second-order valence-electron chi connectivity index (χ2n) is 9.39. The van der Waals surface area contributed by atoms with Gasteiger partial charge in [0.1, 0.15) is 5.60 Å². The molecular weight excluding hydrogens is 356 g/mol. The molecule has 0 radical (unpaired) electrons. The van der Waals surface area contributed by atoms with Gasteiger partial charge in [0.2, 0.25) is 0 Å². The average Bonchev–Trinajstić information content (AvgIpc) is 3.10. The Bertz CT molecular complexity index is 1030. The number of aryl methyl sites for hydroxylation is 1. The Hall–Kier alpha value is -2.10. The first-order chi connectivity index (χ1) is 14.0. The van der Waals surface area contributed by atoms with Crippen LogP contribution < -0.4 is 0 Å². The lowest BCUT2D eigenvalue weighted by atomic mass is 9.67. The number of aromatic nitrogens is 1. The molecule has 29 heavy (non-hydrogen) atoms. The molecular formula is C26H32N2O. The molecule has 5 rings (SSSR count). The number of nitrogens with one attached hydrogen (secondary N) is 1. The van der Waals surface area contributed by atoms with E-state index < -0.39 is 0 Å². The fraction of sp³-hybridized carbons (Fsp3) is 0.462. The molecule has 1 aromatic heterocycles. The van der Waals surface area contributed by atoms with Crippen molar-refractivity contribution >= 4 is 10.9 Å². The van der Waals surface area contributed by atoms with Gasteiger partial charge in [0.05, 0.1) is 11.8 Å². The molecule has 0 bridgehead atoms. The van der Waals surface area contributed by atoms with Crippen LogP contribution in [0.1, 0.15) is 55.0 Å². The van der Waals surface area contributed by atoms with Gasteiger partial charge in [0.15, 0.2) is 0 Å². The summed E-state index contributed by atoms with van der Waals surface area (Å²) in [5.74, 6) is 0. The molecule has 3 nitrogen and oxygen atoms in total. The standard InChI is InChI=1S/C26H32N2O/c1-18-9-8-12-21-22-17-19(2)29-26(24(22)27-23(18)21)15-13-25(14-16-26,28(3)4)20-10-6-5-7-11-20/h5-12,19,27H,13-17H2,1-4H3. The minimum absolute atomic E-state index is 0.0820. The highest BCUT2D eigenvalue weighted by molar-refractivity contribution is 5.87. The monoisotopic (exact) mass is 388 g/mol. The van der Waals surface area contributed by atoms with Crippen molar-refractivity contribution in [3.05, 3.63) is 70.9 Å². The largest absolute Gasteiger partial charge is 0.365 e. The van der Waals surface area contributed by atoms with Crippen LogP contribution in [0.5, 0.6) is 0 Å². The summed E-state index contributed by atoms with van der Waals surface area (Å²) in [6, 6.07) is 17.7. The van der Waals surface area contributed by atoms with Gasteiger partial charge in [-0.1, -0.05) is 48.5 Å². The van der Waals surface area contributed by atoms with Crippen LogP contribution in [0.4, 0.5) is 0 Å². The summed E-state index contributed by atoms with van der Waals surface area (Å²) in [5, 5.41) is 1.39. The molecule has 2 aliphatic rings. The van der Waals surface area contributed by atoms with E-state index in [9.17, 15) is 0 Å². The van der Waals surface area contributed by atoms with Crippen molar-refractivity contribution in [2.75, 3.05) is 14.1 Å². The number of fused-ring (bicyclic) bond motifs is 4. The quantitative estimate of drug-likeness (QED) is 0.613. The highest BCUT2D eigenvalue weighted by Crippen LogP contribution is 2.53. The molecule has 1 saturated carbocycles. The van der Waals surface area contributed by atoms with Gasteiger partial charge < -0.3 is 9.72 Å². The number of hydrogen-bond donors (Lipinski definition) is 1. The van der Waals surface area contributed by atoms with Crippen molar-refractivity contribution in [3.8, 4) is 0 Å². The summed E-state index contributed by atoms with van der Waals surface area (Å²) in [7, 11) is 4.46. The summed E-state index contributed by atoms with van der Waals surface area (Å²) >= 11 is 0. The maximum atomic E-state index is 6.77. The van der Waals surface area contributed by atoms with Crippen LogP contribution in [0.2, 0.25) is 0 Å². The van der Waals surface area contributed by atoms with E-state index in [0.717, 1.165) is 32.1 Å². The highest BCUT2D eigenvalue weighted by atomic mass is 16.5. The molecule has 1 aliphatic heterocycles. The number of aromatic amines is 1. The minimum atomic E-state index is -0.188. The molecule has 3 heteroatoms. The summed E-state index contributed by atoms with van der Waals surface area (Å²) in [4.78, 5) is 6.25. The second-order valence-corrected chi connectivity index (χ2v) is 9.39. The van der Waals surface area contributed by atoms with E-state index in [-0.39, 0.29) is 17.2 Å². The van der Waals surface area contributed by atoms with Crippen LogP contribution in [0.15, 0.2) is 48.5 Å². The van der Waals surface area contributed by atoms with E-state index in [0.29, 0.717) is 0 Å². The maximum absolute atomic E-state index is 6.77. The Morgan fingerprint density at radius 3 is 2.38 bits per heavy atom. The van der Waals surface area contributed by atoms with Crippen LogP contribution >= 0.6 is 0 Å². The van der Waals surface area contributed by atoms with Gasteiger partial charge in [-0.2, -0.15) is 0 Å². The van der Waals surface area contributed by atoms with Gasteiger partial charge in [-0.3, -0.25) is 4.90 Å². The van der Waals surface area contributed by atoms with Crippen molar-refractivity contribution in [3.63, 3.8) is 0 Å². The number of hydrogen-bond acceptors (Lipinski definition) is 2. The fourth-order valence-electron chi connectivity index (χ4n) is 5.97. The highest BCUT2D eigenvalue weighted by Gasteiger charge is 2.50. The SMILES string of the molecule is Cc1cccc2c3c([nH]c12)C1(CCC(c2ccccc2)(N(C)C)CC1)OC(C)C3. The lowest BCUT2D eigenvalue weighted by molar-refractivity contribution is -0.145. The van der Waals surface area contributed by atoms with Crippen LogP contribution in [0, 0.1) is 6.92 Å². The molecule has 2 heterocycles. The first-order valence-corrected chi connectivity index (χ1v) is 11.0. The van der Waals surface area contributed by atoms with E-state index >= 15 is 0 Å². The number of para-hydroxylation sites is 1. The molecule has 0 amide bonds. The summed E-state index contributed by atoms with van der Waals surface area (Å²) in [5.41, 5.74) is 6.77. The molecule has 3 aromatic rings. The Kier molecular flexibility index (Phi) is 4.38. The van der Waals surface area contributed by atoms with Crippen molar-refractivity contribution in [2.45, 2.75) is 63.2 Å². The molecule has 1 unspecified atom stereocenters. The molecule has 1 atom stereocenters. The first kappa shape index (κ1) is 18.9. The molecule has 1 spiro atoms.